The van der Waals surface area contributed by atoms with E-state index in [-0.39, 0.29) is 0 Å². The third-order valence-corrected chi connectivity index (χ3v) is 18.9. The van der Waals surface area contributed by atoms with Gasteiger partial charge in [0.05, 0.1) is 8.07 Å². The molecule has 0 aliphatic rings. The molecule has 78 heavy (non-hydrogen) atoms. The van der Waals surface area contributed by atoms with Crippen LogP contribution in [0.3, 0.4) is 0 Å². The smallest absolute Gasteiger partial charge is 0.0656 e. The molecule has 0 aliphatic carbocycles. The first-order chi connectivity index (χ1) is 38.4. The van der Waals surface area contributed by atoms with Crippen molar-refractivity contribution in [3.05, 3.63) is 273 Å². The van der Waals surface area contributed by atoms with Crippen LogP contribution in [0.15, 0.2) is 273 Å². The van der Waals surface area contributed by atoms with E-state index in [1.165, 1.54) is 158 Å². The molecular weight excluding hydrogens is 953 g/mol. The van der Waals surface area contributed by atoms with E-state index in [1.807, 2.05) is 0 Å². The molecule has 0 fully saturated rings. The van der Waals surface area contributed by atoms with Crippen LogP contribution in [0.4, 0.5) is 0 Å². The van der Waals surface area contributed by atoms with Crippen molar-refractivity contribution in [2.45, 2.75) is 19.6 Å². The minimum Gasteiger partial charge on any atom is -0.0656 e. The summed E-state index contributed by atoms with van der Waals surface area (Å²) in [6, 6.07) is 103. The fourth-order valence-corrected chi connectivity index (χ4v) is 14.9. The van der Waals surface area contributed by atoms with Crippen LogP contribution in [0.1, 0.15) is 0 Å². The standard InChI is InChI=1S/C77H54Si/c1-78(2,3)75-46-45-65(61-33-19-20-34-66(61)75)74-48-73(64-40-37-54(51-25-11-6-12-26-51)57-29-15-18-32-60(57)64)69-42-41-67-71(62-38-35-52(49-21-7-4-8-22-49)55-27-13-16-30-58(55)62)47-72(68-43-44-70(74)77(69)76(67)68)63-39-36-53(50-23-9-5-10-24-50)56-28-14-17-31-59(56)63/h4-48H,1-3H3. The highest BCUT2D eigenvalue weighted by atomic mass is 28.3. The van der Waals surface area contributed by atoms with Crippen molar-refractivity contribution in [1.82, 2.24) is 0 Å². The maximum absolute atomic E-state index is 2.54. The Balaban J connectivity index is 1.11. The van der Waals surface area contributed by atoms with Crippen molar-refractivity contribution >= 4 is 88.7 Å². The number of benzene rings is 15. The molecule has 0 unspecified atom stereocenters. The van der Waals surface area contributed by atoms with Gasteiger partial charge in [0.15, 0.2) is 0 Å². The van der Waals surface area contributed by atoms with E-state index < -0.39 is 8.07 Å². The fourth-order valence-electron chi connectivity index (χ4n) is 13.3. The molecule has 0 saturated carbocycles. The molecule has 0 atom stereocenters. The Hall–Kier alpha value is -9.40. The summed E-state index contributed by atoms with van der Waals surface area (Å²) in [6.45, 7) is 7.41. The highest BCUT2D eigenvalue weighted by molar-refractivity contribution is 6.90. The lowest BCUT2D eigenvalue weighted by molar-refractivity contribution is 1.63. The molecule has 15 aromatic rings. The van der Waals surface area contributed by atoms with E-state index in [4.69, 9.17) is 0 Å². The van der Waals surface area contributed by atoms with Crippen LogP contribution in [0.2, 0.25) is 19.6 Å². The normalized spacial score (nSPS) is 12.0. The zero-order valence-corrected chi connectivity index (χ0v) is 45.0. The Bertz CT molecular complexity index is 4710. The van der Waals surface area contributed by atoms with Crippen LogP contribution in [-0.2, 0) is 0 Å². The second-order valence-corrected chi connectivity index (χ2v) is 27.2. The van der Waals surface area contributed by atoms with Crippen molar-refractivity contribution < 1.29 is 0 Å². The van der Waals surface area contributed by atoms with E-state index in [0.717, 1.165) is 0 Å². The van der Waals surface area contributed by atoms with Gasteiger partial charge in [0.1, 0.15) is 0 Å². The van der Waals surface area contributed by atoms with Crippen LogP contribution in [-0.4, -0.2) is 8.07 Å². The molecule has 0 aromatic heterocycles. The highest BCUT2D eigenvalue weighted by Gasteiger charge is 2.26. The number of hydrogen-bond acceptors (Lipinski definition) is 0. The quantitative estimate of drug-likeness (QED) is 0.105. The SMILES string of the molecule is C[Si](C)(C)c1ccc(-c2cc(-c3ccc(-c4ccccc4)c4ccccc34)c3ccc4c(-c5ccc(-c6ccccc6)c6ccccc56)cc(-c5ccc(-c6ccccc6)c6ccccc56)c5ccc2c3c45)c2ccccc12. The van der Waals surface area contributed by atoms with Gasteiger partial charge < -0.3 is 0 Å². The van der Waals surface area contributed by atoms with Gasteiger partial charge in [0.2, 0.25) is 0 Å². The first kappa shape index (κ1) is 45.9. The zero-order chi connectivity index (χ0) is 52.1. The lowest BCUT2D eigenvalue weighted by Gasteiger charge is -2.24. The third kappa shape index (κ3) is 7.27. The van der Waals surface area contributed by atoms with Crippen LogP contribution < -0.4 is 5.19 Å². The second kappa shape index (κ2) is 18.1. The van der Waals surface area contributed by atoms with Gasteiger partial charge in [-0.25, -0.2) is 0 Å². The third-order valence-electron chi connectivity index (χ3n) is 16.8. The lowest BCUT2D eigenvalue weighted by atomic mass is 9.79. The van der Waals surface area contributed by atoms with Crippen molar-refractivity contribution in [3.63, 3.8) is 0 Å². The summed E-state index contributed by atoms with van der Waals surface area (Å²) < 4.78 is 0. The summed E-state index contributed by atoms with van der Waals surface area (Å²) in [5, 5.41) is 19.2. The predicted octanol–water partition coefficient (Wildman–Crippen LogP) is 21.4. The van der Waals surface area contributed by atoms with Gasteiger partial charge in [-0.3, -0.25) is 0 Å². The van der Waals surface area contributed by atoms with E-state index >= 15 is 0 Å². The van der Waals surface area contributed by atoms with Gasteiger partial charge in [-0.2, -0.15) is 0 Å². The number of rotatable bonds is 8. The van der Waals surface area contributed by atoms with Gasteiger partial charge >= 0.3 is 0 Å². The minimum atomic E-state index is -1.72. The van der Waals surface area contributed by atoms with E-state index in [9.17, 15) is 0 Å². The topological polar surface area (TPSA) is 0 Å². The van der Waals surface area contributed by atoms with Gasteiger partial charge in [-0.15, -0.1) is 0 Å². The zero-order valence-electron chi connectivity index (χ0n) is 44.0. The molecule has 0 nitrogen and oxygen atoms in total. The van der Waals surface area contributed by atoms with Gasteiger partial charge in [-0.1, -0.05) is 286 Å². The maximum atomic E-state index is 2.54. The minimum absolute atomic E-state index is 1.22. The molecule has 0 heterocycles. The molecule has 15 rings (SSSR count). The van der Waals surface area contributed by atoms with Crippen LogP contribution in [0.5, 0.6) is 0 Å². The average Bonchev–Trinajstić information content (AvgIpc) is 3.59. The largest absolute Gasteiger partial charge is 0.0784 e. The van der Waals surface area contributed by atoms with Crippen molar-refractivity contribution in [1.29, 1.82) is 0 Å². The van der Waals surface area contributed by atoms with Gasteiger partial charge in [0, 0.05) is 0 Å². The summed E-state index contributed by atoms with van der Waals surface area (Å²) in [4.78, 5) is 0. The molecule has 0 aliphatic heterocycles. The van der Waals surface area contributed by atoms with E-state index in [1.54, 1.807) is 0 Å². The molecule has 1 heteroatoms. The van der Waals surface area contributed by atoms with Gasteiger partial charge in [-0.05, 0) is 165 Å². The Morgan fingerprint density at radius 1 is 0.179 bits per heavy atom. The predicted molar refractivity (Wildman–Crippen MR) is 341 cm³/mol. The van der Waals surface area contributed by atoms with Gasteiger partial charge in [0.25, 0.3) is 0 Å². The molecule has 0 N–H and O–H groups in total. The second-order valence-electron chi connectivity index (χ2n) is 22.2. The van der Waals surface area contributed by atoms with Crippen LogP contribution in [0, 0.1) is 0 Å². The highest BCUT2D eigenvalue weighted by Crippen LogP contribution is 2.52. The molecule has 0 saturated heterocycles. The maximum Gasteiger partial charge on any atom is 0.0784 e. The average molecular weight is 1010 g/mol. The Morgan fingerprint density at radius 2 is 0.410 bits per heavy atom. The summed E-state index contributed by atoms with van der Waals surface area (Å²) >= 11 is 0. The molecule has 366 valence electrons. The first-order valence-electron chi connectivity index (χ1n) is 27.4. The van der Waals surface area contributed by atoms with Crippen molar-refractivity contribution in [3.8, 4) is 77.9 Å². The Labute approximate surface area is 456 Å². The summed E-state index contributed by atoms with van der Waals surface area (Å²) in [6.07, 6.45) is 0. The van der Waals surface area contributed by atoms with Crippen molar-refractivity contribution in [2.75, 3.05) is 0 Å². The number of hydrogen-bond donors (Lipinski definition) is 0. The molecule has 0 bridgehead atoms. The first-order valence-corrected chi connectivity index (χ1v) is 30.9. The Kier molecular flexibility index (Phi) is 10.7. The molecule has 0 amide bonds. The molecule has 0 radical (unpaired) electrons. The van der Waals surface area contributed by atoms with E-state index in [0.29, 0.717) is 0 Å². The molecular formula is C77H54Si. The Morgan fingerprint density at radius 3 is 0.705 bits per heavy atom. The molecule has 0 spiro atoms. The number of fused-ring (bicyclic) bond motifs is 4. The summed E-state index contributed by atoms with van der Waals surface area (Å²) in [7, 11) is -1.72. The molecule has 15 aromatic carbocycles. The summed E-state index contributed by atoms with van der Waals surface area (Å²) in [5.41, 5.74) is 17.3. The lowest BCUT2D eigenvalue weighted by Crippen LogP contribution is -2.38. The summed E-state index contributed by atoms with van der Waals surface area (Å²) in [5.74, 6) is 0. The monoisotopic (exact) mass is 1010 g/mol. The fraction of sp³-hybridized carbons (Fsp3) is 0.0390. The van der Waals surface area contributed by atoms with E-state index in [2.05, 4.69) is 293 Å². The van der Waals surface area contributed by atoms with Crippen LogP contribution in [0.25, 0.3) is 153 Å². The van der Waals surface area contributed by atoms with Crippen LogP contribution >= 0.6 is 0 Å². The van der Waals surface area contributed by atoms with Crippen molar-refractivity contribution in [2.24, 2.45) is 0 Å².